The van der Waals surface area contributed by atoms with Gasteiger partial charge in [-0.25, -0.2) is 13.1 Å². The molecule has 2 aromatic carbocycles. The summed E-state index contributed by atoms with van der Waals surface area (Å²) in [5.74, 6) is 1.93. The Morgan fingerprint density at radius 3 is 2.30 bits per heavy atom. The largest absolute Gasteiger partial charge is 0.494 e. The molecule has 0 radical (unpaired) electrons. The van der Waals surface area contributed by atoms with E-state index in [1.807, 2.05) is 19.1 Å². The molecule has 0 spiro atoms. The molecule has 1 heterocycles. The highest BCUT2D eigenvalue weighted by Gasteiger charge is 2.19. The van der Waals surface area contributed by atoms with Gasteiger partial charge in [0.05, 0.1) is 11.5 Å². The number of carbonyl (C=O) groups is 1. The highest BCUT2D eigenvalue weighted by atomic mass is 32.2. The molecule has 10 heteroatoms. The van der Waals surface area contributed by atoms with Crippen LogP contribution >= 0.6 is 0 Å². The minimum atomic E-state index is -3.72. The topological polar surface area (TPSA) is 109 Å². The second kappa shape index (κ2) is 12.3. The minimum Gasteiger partial charge on any atom is -0.494 e. The predicted octanol–water partition coefficient (Wildman–Crippen LogP) is 2.93. The summed E-state index contributed by atoms with van der Waals surface area (Å²) in [7, 11) is -3.72. The van der Waals surface area contributed by atoms with Gasteiger partial charge in [-0.2, -0.15) is 0 Å². The molecule has 0 saturated heterocycles. The maximum Gasteiger partial charge on any atom is 0.305 e. The zero-order valence-electron chi connectivity index (χ0n) is 18.6. The summed E-state index contributed by atoms with van der Waals surface area (Å²) in [5, 5.41) is 0. The van der Waals surface area contributed by atoms with Gasteiger partial charge in [-0.05, 0) is 49.2 Å². The molecular weight excluding hydrogens is 450 g/mol. The van der Waals surface area contributed by atoms with Crippen molar-refractivity contribution in [2.24, 2.45) is 0 Å². The van der Waals surface area contributed by atoms with E-state index < -0.39 is 16.0 Å². The molecule has 0 bridgehead atoms. The fraction of sp³-hybridized carbons (Fsp3) is 0.435. The number of rotatable bonds is 13. The Morgan fingerprint density at radius 2 is 1.61 bits per heavy atom. The molecule has 2 aromatic rings. The van der Waals surface area contributed by atoms with Crippen LogP contribution in [0.1, 0.15) is 26.2 Å². The number of esters is 1. The smallest absolute Gasteiger partial charge is 0.305 e. The second-order valence-electron chi connectivity index (χ2n) is 7.20. The van der Waals surface area contributed by atoms with E-state index in [-0.39, 0.29) is 31.1 Å². The maximum absolute atomic E-state index is 12.4. The quantitative estimate of drug-likeness (QED) is 0.345. The molecule has 0 aromatic heterocycles. The molecule has 1 aliphatic rings. The molecule has 9 nitrogen and oxygen atoms in total. The molecule has 0 saturated carbocycles. The molecule has 0 unspecified atom stereocenters. The lowest BCUT2D eigenvalue weighted by molar-refractivity contribution is -0.144. The molecule has 0 fully saturated rings. The number of hydrogen-bond donors (Lipinski definition) is 1. The SMILES string of the molecule is CCCOc1ccc(OCCOC(=O)CCCNS(=O)(=O)c2ccc3c(c2)OCCO3)cc1. The Morgan fingerprint density at radius 1 is 0.939 bits per heavy atom. The molecule has 1 aliphatic heterocycles. The van der Waals surface area contributed by atoms with Gasteiger partial charge < -0.3 is 23.7 Å². The lowest BCUT2D eigenvalue weighted by atomic mass is 10.3. The number of fused-ring (bicyclic) bond motifs is 1. The Hall–Kier alpha value is -2.98. The summed E-state index contributed by atoms with van der Waals surface area (Å²) < 4.78 is 54.3. The van der Waals surface area contributed by atoms with Crippen molar-refractivity contribution in [1.82, 2.24) is 4.72 Å². The first-order valence-corrected chi connectivity index (χ1v) is 12.4. The Kier molecular flexibility index (Phi) is 9.20. The normalized spacial score (nSPS) is 12.8. The molecule has 1 N–H and O–H groups in total. The summed E-state index contributed by atoms with van der Waals surface area (Å²) in [4.78, 5) is 11.9. The van der Waals surface area contributed by atoms with Crippen LogP contribution in [0.15, 0.2) is 47.4 Å². The monoisotopic (exact) mass is 479 g/mol. The first kappa shape index (κ1) is 24.7. The summed E-state index contributed by atoms with van der Waals surface area (Å²) in [6.45, 7) is 3.94. The van der Waals surface area contributed by atoms with E-state index in [1.165, 1.54) is 12.1 Å². The first-order valence-electron chi connectivity index (χ1n) is 10.9. The van der Waals surface area contributed by atoms with Crippen molar-refractivity contribution in [3.05, 3.63) is 42.5 Å². The van der Waals surface area contributed by atoms with Crippen LogP contribution in [0, 0.1) is 0 Å². The number of sulfonamides is 1. The molecule has 0 aliphatic carbocycles. The highest BCUT2D eigenvalue weighted by Crippen LogP contribution is 2.32. The Bertz CT molecular complexity index is 1010. The highest BCUT2D eigenvalue weighted by molar-refractivity contribution is 7.89. The third kappa shape index (κ3) is 7.83. The fourth-order valence-corrected chi connectivity index (χ4v) is 4.04. The van der Waals surface area contributed by atoms with E-state index in [4.69, 9.17) is 23.7 Å². The van der Waals surface area contributed by atoms with Gasteiger partial charge in [0.15, 0.2) is 11.5 Å². The summed E-state index contributed by atoms with van der Waals surface area (Å²) in [6, 6.07) is 11.7. The lowest BCUT2D eigenvalue weighted by Crippen LogP contribution is -2.26. The number of hydrogen-bond acceptors (Lipinski definition) is 8. The van der Waals surface area contributed by atoms with Crippen molar-refractivity contribution in [3.8, 4) is 23.0 Å². The van der Waals surface area contributed by atoms with Crippen LogP contribution in [0.2, 0.25) is 0 Å². The van der Waals surface area contributed by atoms with Gasteiger partial charge in [0.1, 0.15) is 37.9 Å². The van der Waals surface area contributed by atoms with Gasteiger partial charge in [0, 0.05) is 19.0 Å². The third-order valence-electron chi connectivity index (χ3n) is 4.59. The number of ether oxygens (including phenoxy) is 5. The first-order chi connectivity index (χ1) is 16.0. The van der Waals surface area contributed by atoms with Gasteiger partial charge >= 0.3 is 5.97 Å². The van der Waals surface area contributed by atoms with Crippen LogP contribution in [-0.2, 0) is 19.6 Å². The average Bonchev–Trinajstić information content (AvgIpc) is 2.83. The lowest BCUT2D eigenvalue weighted by Gasteiger charge is -2.18. The van der Waals surface area contributed by atoms with E-state index in [0.29, 0.717) is 43.5 Å². The molecule has 0 atom stereocenters. The summed E-state index contributed by atoms with van der Waals surface area (Å²) in [5.41, 5.74) is 0. The van der Waals surface area contributed by atoms with Crippen molar-refractivity contribution in [2.75, 3.05) is 39.6 Å². The van der Waals surface area contributed by atoms with E-state index >= 15 is 0 Å². The van der Waals surface area contributed by atoms with Gasteiger partial charge in [-0.1, -0.05) is 6.92 Å². The second-order valence-corrected chi connectivity index (χ2v) is 8.96. The number of carbonyl (C=O) groups excluding carboxylic acids is 1. The van der Waals surface area contributed by atoms with Crippen molar-refractivity contribution in [1.29, 1.82) is 0 Å². The minimum absolute atomic E-state index is 0.0800. The average molecular weight is 480 g/mol. The molecule has 33 heavy (non-hydrogen) atoms. The Labute approximate surface area is 194 Å². The van der Waals surface area contributed by atoms with E-state index in [9.17, 15) is 13.2 Å². The van der Waals surface area contributed by atoms with Crippen LogP contribution in [0.25, 0.3) is 0 Å². The zero-order valence-corrected chi connectivity index (χ0v) is 19.4. The fourth-order valence-electron chi connectivity index (χ4n) is 2.95. The van der Waals surface area contributed by atoms with Gasteiger partial charge in [-0.15, -0.1) is 0 Å². The van der Waals surface area contributed by atoms with Crippen molar-refractivity contribution in [2.45, 2.75) is 31.1 Å². The third-order valence-corrected chi connectivity index (χ3v) is 6.04. The molecule has 3 rings (SSSR count). The molecule has 180 valence electrons. The zero-order chi connectivity index (χ0) is 23.5. The van der Waals surface area contributed by atoms with Crippen LogP contribution < -0.4 is 23.7 Å². The van der Waals surface area contributed by atoms with E-state index in [1.54, 1.807) is 18.2 Å². The van der Waals surface area contributed by atoms with E-state index in [0.717, 1.165) is 12.2 Å². The van der Waals surface area contributed by atoms with Crippen molar-refractivity contribution < 1.29 is 36.9 Å². The van der Waals surface area contributed by atoms with Crippen molar-refractivity contribution in [3.63, 3.8) is 0 Å². The van der Waals surface area contributed by atoms with Crippen LogP contribution in [0.3, 0.4) is 0 Å². The maximum atomic E-state index is 12.4. The van der Waals surface area contributed by atoms with Gasteiger partial charge in [-0.3, -0.25) is 4.79 Å². The van der Waals surface area contributed by atoms with Crippen LogP contribution in [-0.4, -0.2) is 54.0 Å². The van der Waals surface area contributed by atoms with E-state index in [2.05, 4.69) is 4.72 Å². The standard InChI is InChI=1S/C23H29NO8S/c1-2-12-28-18-5-7-19(8-6-18)29-13-16-32-23(25)4-3-11-24-33(26,27)20-9-10-21-22(17-20)31-15-14-30-21/h5-10,17,24H,2-4,11-16H2,1H3. The molecular formula is C23H29NO8S. The predicted molar refractivity (Wildman–Crippen MR) is 121 cm³/mol. The number of nitrogens with one attached hydrogen (secondary N) is 1. The van der Waals surface area contributed by atoms with Gasteiger partial charge in [0.2, 0.25) is 10.0 Å². The van der Waals surface area contributed by atoms with Crippen LogP contribution in [0.4, 0.5) is 0 Å². The van der Waals surface area contributed by atoms with Gasteiger partial charge in [0.25, 0.3) is 0 Å². The van der Waals surface area contributed by atoms with Crippen molar-refractivity contribution >= 4 is 16.0 Å². The summed E-state index contributed by atoms with van der Waals surface area (Å²) >= 11 is 0. The number of benzene rings is 2. The summed E-state index contributed by atoms with van der Waals surface area (Å²) in [6.07, 6.45) is 1.34. The molecule has 0 amide bonds. The van der Waals surface area contributed by atoms with Crippen LogP contribution in [0.5, 0.6) is 23.0 Å². The Balaban J connectivity index is 1.30.